The topological polar surface area (TPSA) is 27.7 Å². The molecular weight excluding hydrogens is 220 g/mol. The van der Waals surface area contributed by atoms with Gasteiger partial charge in [-0.1, -0.05) is 12.2 Å². The fraction of sp³-hybridized carbons (Fsp3) is 0.833. The quantitative estimate of drug-likeness (QED) is 0.337. The van der Waals surface area contributed by atoms with Crippen molar-refractivity contribution in [2.45, 2.75) is 39.8 Å². The molecule has 0 atom stereocenters. The number of hydrogen-bond acceptors (Lipinski definition) is 3. The molecule has 0 aromatic carbocycles. The van der Waals surface area contributed by atoms with Crippen LogP contribution in [0.25, 0.3) is 0 Å². The van der Waals surface area contributed by atoms with Gasteiger partial charge in [0.2, 0.25) is 0 Å². The molecule has 16 heavy (non-hydrogen) atoms. The normalized spacial score (nSPS) is 12.5. The van der Waals surface area contributed by atoms with E-state index in [1.54, 1.807) is 0 Å². The number of rotatable bonds is 10. The summed E-state index contributed by atoms with van der Waals surface area (Å²) in [5.41, 5.74) is 0. The van der Waals surface area contributed by atoms with Gasteiger partial charge in [-0.05, 0) is 39.8 Å². The van der Waals surface area contributed by atoms with Crippen LogP contribution >= 0.6 is 0 Å². The van der Waals surface area contributed by atoms with Gasteiger partial charge in [-0.15, -0.1) is 0 Å². The molecule has 0 heterocycles. The average molecular weight is 246 g/mol. The molecule has 3 nitrogen and oxygen atoms in total. The van der Waals surface area contributed by atoms with Crippen LogP contribution in [0.2, 0.25) is 12.6 Å². The van der Waals surface area contributed by atoms with E-state index in [2.05, 4.69) is 6.55 Å². The second-order valence-electron chi connectivity index (χ2n) is 3.75. The van der Waals surface area contributed by atoms with E-state index in [-0.39, 0.29) is 0 Å². The fourth-order valence-corrected chi connectivity index (χ4v) is 3.92. The molecule has 0 aliphatic carbocycles. The summed E-state index contributed by atoms with van der Waals surface area (Å²) >= 11 is 0. The summed E-state index contributed by atoms with van der Waals surface area (Å²) in [6, 6.07) is 1.00. The van der Waals surface area contributed by atoms with E-state index in [0.29, 0.717) is 6.61 Å². The summed E-state index contributed by atoms with van der Waals surface area (Å²) in [5.74, 6) is 0. The van der Waals surface area contributed by atoms with Crippen LogP contribution < -0.4 is 0 Å². The van der Waals surface area contributed by atoms with Crippen LogP contribution in [0.4, 0.5) is 0 Å². The van der Waals surface area contributed by atoms with E-state index in [1.807, 2.05) is 32.9 Å². The lowest BCUT2D eigenvalue weighted by Crippen LogP contribution is -2.38. The molecule has 0 aromatic rings. The first-order valence-corrected chi connectivity index (χ1v) is 8.67. The smallest absolute Gasteiger partial charge is 0.334 e. The van der Waals surface area contributed by atoms with Crippen molar-refractivity contribution in [2.75, 3.05) is 26.4 Å². The molecule has 0 aromatic heterocycles. The lowest BCUT2D eigenvalue weighted by atomic mass is 10.5. The zero-order chi connectivity index (χ0) is 12.3. The van der Waals surface area contributed by atoms with Crippen LogP contribution in [-0.4, -0.2) is 35.0 Å². The Morgan fingerprint density at radius 1 is 1.12 bits per heavy atom. The van der Waals surface area contributed by atoms with Gasteiger partial charge in [0.1, 0.15) is 0 Å². The minimum absolute atomic E-state index is 0.706. The summed E-state index contributed by atoms with van der Waals surface area (Å²) in [7, 11) is -1.92. The average Bonchev–Trinajstić information content (AvgIpc) is 2.24. The van der Waals surface area contributed by atoms with Crippen molar-refractivity contribution in [1.82, 2.24) is 0 Å². The van der Waals surface area contributed by atoms with Crippen molar-refractivity contribution in [3.63, 3.8) is 0 Å². The summed E-state index contributed by atoms with van der Waals surface area (Å²) in [4.78, 5) is 0. The highest BCUT2D eigenvalue weighted by Gasteiger charge is 2.29. The van der Waals surface area contributed by atoms with Crippen LogP contribution in [0.15, 0.2) is 12.2 Å². The molecule has 0 saturated heterocycles. The Hall–Kier alpha value is -0.163. The molecule has 0 N–H and O–H groups in total. The summed E-state index contributed by atoms with van der Waals surface area (Å²) in [6.45, 7) is 11.1. The summed E-state index contributed by atoms with van der Waals surface area (Å²) in [6.07, 6.45) is 5.03. The van der Waals surface area contributed by atoms with E-state index < -0.39 is 8.56 Å². The predicted molar refractivity (Wildman–Crippen MR) is 69.9 cm³/mol. The highest BCUT2D eigenvalue weighted by molar-refractivity contribution is 6.66. The molecule has 96 valence electrons. The van der Waals surface area contributed by atoms with Crippen LogP contribution in [-0.2, 0) is 13.6 Å². The minimum atomic E-state index is -1.92. The third kappa shape index (κ3) is 8.04. The van der Waals surface area contributed by atoms with Crippen molar-refractivity contribution in [2.24, 2.45) is 0 Å². The third-order valence-electron chi connectivity index (χ3n) is 2.27. The Labute approximate surface area is 101 Å². The van der Waals surface area contributed by atoms with Gasteiger partial charge in [-0.3, -0.25) is 0 Å². The molecule has 0 aliphatic rings. The minimum Gasteiger partial charge on any atom is -0.395 e. The lowest BCUT2D eigenvalue weighted by Gasteiger charge is -2.25. The van der Waals surface area contributed by atoms with Gasteiger partial charge in [0.15, 0.2) is 0 Å². The molecule has 0 spiro atoms. The highest BCUT2D eigenvalue weighted by Crippen LogP contribution is 2.15. The van der Waals surface area contributed by atoms with Crippen molar-refractivity contribution < 1.29 is 13.6 Å². The molecule has 0 radical (unpaired) electrons. The van der Waals surface area contributed by atoms with Crippen molar-refractivity contribution in [3.05, 3.63) is 12.2 Å². The van der Waals surface area contributed by atoms with E-state index >= 15 is 0 Å². The van der Waals surface area contributed by atoms with Crippen LogP contribution in [0.5, 0.6) is 0 Å². The molecule has 0 fully saturated rings. The van der Waals surface area contributed by atoms with Crippen molar-refractivity contribution in [3.8, 4) is 0 Å². The van der Waals surface area contributed by atoms with E-state index in [1.165, 1.54) is 0 Å². The maximum Gasteiger partial charge on any atom is 0.334 e. The Kier molecular flexibility index (Phi) is 9.92. The van der Waals surface area contributed by atoms with Crippen molar-refractivity contribution in [1.29, 1.82) is 0 Å². The van der Waals surface area contributed by atoms with Gasteiger partial charge in [0.05, 0.1) is 6.61 Å². The SMILES string of the molecule is CC=CCOCCC[Si](C)(OCC)OCC. The summed E-state index contributed by atoms with van der Waals surface area (Å²) in [5, 5.41) is 0. The molecule has 0 unspecified atom stereocenters. The van der Waals surface area contributed by atoms with Gasteiger partial charge in [0.25, 0.3) is 0 Å². The van der Waals surface area contributed by atoms with Gasteiger partial charge in [-0.25, -0.2) is 0 Å². The lowest BCUT2D eigenvalue weighted by molar-refractivity contribution is 0.152. The van der Waals surface area contributed by atoms with Gasteiger partial charge < -0.3 is 13.6 Å². The third-order valence-corrected chi connectivity index (χ3v) is 5.33. The zero-order valence-corrected chi connectivity index (χ0v) is 12.1. The second-order valence-corrected chi connectivity index (χ2v) is 7.09. The maximum absolute atomic E-state index is 5.74. The van der Waals surface area contributed by atoms with Gasteiger partial charge in [0, 0.05) is 19.8 Å². The summed E-state index contributed by atoms with van der Waals surface area (Å²) < 4.78 is 16.9. The molecule has 0 aliphatic heterocycles. The molecule has 4 heteroatoms. The van der Waals surface area contributed by atoms with Crippen LogP contribution in [0.3, 0.4) is 0 Å². The van der Waals surface area contributed by atoms with E-state index in [0.717, 1.165) is 32.3 Å². The number of hydrogen-bond donors (Lipinski definition) is 0. The van der Waals surface area contributed by atoms with Crippen LogP contribution in [0, 0.1) is 0 Å². The predicted octanol–water partition coefficient (Wildman–Crippen LogP) is 3.11. The van der Waals surface area contributed by atoms with Crippen molar-refractivity contribution >= 4 is 8.56 Å². The first-order valence-electron chi connectivity index (χ1n) is 6.15. The number of ether oxygens (including phenoxy) is 1. The number of allylic oxidation sites excluding steroid dienone is 1. The zero-order valence-electron chi connectivity index (χ0n) is 11.1. The largest absolute Gasteiger partial charge is 0.395 e. The monoisotopic (exact) mass is 246 g/mol. The molecular formula is C12H26O3Si. The molecule has 0 bridgehead atoms. The van der Waals surface area contributed by atoms with E-state index in [4.69, 9.17) is 13.6 Å². The molecule has 0 saturated carbocycles. The Morgan fingerprint density at radius 3 is 2.25 bits per heavy atom. The Bertz CT molecular complexity index is 177. The second kappa shape index (κ2) is 10.0. The first kappa shape index (κ1) is 15.8. The molecule has 0 rings (SSSR count). The van der Waals surface area contributed by atoms with E-state index in [9.17, 15) is 0 Å². The van der Waals surface area contributed by atoms with Gasteiger partial charge in [-0.2, -0.15) is 0 Å². The molecule has 0 amide bonds. The van der Waals surface area contributed by atoms with Gasteiger partial charge >= 0.3 is 8.56 Å². The highest BCUT2D eigenvalue weighted by atomic mass is 28.4. The maximum atomic E-state index is 5.74. The fourth-order valence-electron chi connectivity index (χ4n) is 1.54. The Morgan fingerprint density at radius 2 is 1.75 bits per heavy atom. The first-order chi connectivity index (χ1) is 7.68. The van der Waals surface area contributed by atoms with Crippen LogP contribution in [0.1, 0.15) is 27.2 Å². The standard InChI is InChI=1S/C12H26O3Si/c1-5-8-10-13-11-9-12-16(4,14-6-2)15-7-3/h5,8H,6-7,9-12H2,1-4H3. The Balaban J connectivity index is 3.67.